The Morgan fingerprint density at radius 1 is 1.15 bits per heavy atom. The number of carboxylic acids is 1. The molecular weight excluding hydrogens is 344 g/mol. The molecule has 0 saturated carbocycles. The van der Waals surface area contributed by atoms with E-state index in [9.17, 15) is 14.4 Å². The van der Waals surface area contributed by atoms with Crippen LogP contribution in [0.5, 0.6) is 0 Å². The summed E-state index contributed by atoms with van der Waals surface area (Å²) in [6, 6.07) is 9.91. The van der Waals surface area contributed by atoms with E-state index in [-0.39, 0.29) is 36.1 Å². The summed E-state index contributed by atoms with van der Waals surface area (Å²) in [5.41, 5.74) is 1.11. The van der Waals surface area contributed by atoms with Crippen LogP contribution in [-0.2, 0) is 20.8 Å². The Balaban J connectivity index is 1.92. The summed E-state index contributed by atoms with van der Waals surface area (Å²) >= 11 is 0. The van der Waals surface area contributed by atoms with E-state index in [1.807, 2.05) is 44.2 Å². The standard InChI is InChI=1S/C21H30N2O4/c1-15(2)18(13-16-7-5-4-6-8-16)20(25)22(3)14-19(24)23-11-9-17(10-12-23)21(26)27/h4-8,15,17-18H,9-14H2,1-3H3,(H,26,27). The van der Waals surface area contributed by atoms with E-state index in [4.69, 9.17) is 5.11 Å². The maximum Gasteiger partial charge on any atom is 0.306 e. The second-order valence-corrected chi connectivity index (χ2v) is 7.73. The van der Waals surface area contributed by atoms with E-state index < -0.39 is 5.97 Å². The first kappa shape index (κ1) is 20.9. The number of hydrogen-bond acceptors (Lipinski definition) is 3. The Kier molecular flexibility index (Phi) is 7.39. The average molecular weight is 374 g/mol. The second kappa shape index (κ2) is 9.53. The lowest BCUT2D eigenvalue weighted by atomic mass is 9.88. The third-order valence-electron chi connectivity index (χ3n) is 5.37. The quantitative estimate of drug-likeness (QED) is 0.794. The van der Waals surface area contributed by atoms with Crippen molar-refractivity contribution in [3.05, 3.63) is 35.9 Å². The van der Waals surface area contributed by atoms with Crippen molar-refractivity contribution >= 4 is 17.8 Å². The number of nitrogens with zero attached hydrogens (tertiary/aromatic N) is 2. The molecule has 0 aliphatic carbocycles. The van der Waals surface area contributed by atoms with Crippen LogP contribution in [0.1, 0.15) is 32.3 Å². The Bertz CT molecular complexity index is 651. The molecule has 0 radical (unpaired) electrons. The molecule has 1 aromatic rings. The molecule has 1 aliphatic heterocycles. The zero-order valence-corrected chi connectivity index (χ0v) is 16.4. The number of piperidine rings is 1. The molecule has 1 aromatic carbocycles. The lowest BCUT2D eigenvalue weighted by Gasteiger charge is -2.32. The molecule has 6 nitrogen and oxygen atoms in total. The number of amides is 2. The molecular formula is C21H30N2O4. The predicted molar refractivity (Wildman–Crippen MR) is 103 cm³/mol. The number of hydrogen-bond donors (Lipinski definition) is 1. The molecule has 2 amide bonds. The fourth-order valence-corrected chi connectivity index (χ4v) is 3.52. The van der Waals surface area contributed by atoms with Gasteiger partial charge in [0, 0.05) is 26.1 Å². The highest BCUT2D eigenvalue weighted by Crippen LogP contribution is 2.21. The topological polar surface area (TPSA) is 77.9 Å². The van der Waals surface area contributed by atoms with E-state index in [1.54, 1.807) is 11.9 Å². The highest BCUT2D eigenvalue weighted by Gasteiger charge is 2.30. The van der Waals surface area contributed by atoms with Gasteiger partial charge in [-0.3, -0.25) is 14.4 Å². The SMILES string of the molecule is CC(C)C(Cc1ccccc1)C(=O)N(C)CC(=O)N1CCC(C(=O)O)CC1. The first-order chi connectivity index (χ1) is 12.8. The molecule has 0 spiro atoms. The van der Waals surface area contributed by atoms with Gasteiger partial charge in [0.05, 0.1) is 12.5 Å². The van der Waals surface area contributed by atoms with Gasteiger partial charge in [0.1, 0.15) is 0 Å². The molecule has 1 aliphatic rings. The Morgan fingerprint density at radius 3 is 2.26 bits per heavy atom. The van der Waals surface area contributed by atoms with Gasteiger partial charge < -0.3 is 14.9 Å². The van der Waals surface area contributed by atoms with Crippen LogP contribution in [0, 0.1) is 17.8 Å². The second-order valence-electron chi connectivity index (χ2n) is 7.73. The molecule has 1 saturated heterocycles. The van der Waals surface area contributed by atoms with Crippen molar-refractivity contribution in [1.29, 1.82) is 0 Å². The summed E-state index contributed by atoms with van der Waals surface area (Å²) in [6.45, 7) is 4.97. The number of likely N-dealkylation sites (tertiary alicyclic amines) is 1. The van der Waals surface area contributed by atoms with Crippen LogP contribution in [0.15, 0.2) is 30.3 Å². The van der Waals surface area contributed by atoms with Crippen LogP contribution >= 0.6 is 0 Å². The smallest absolute Gasteiger partial charge is 0.306 e. The van der Waals surface area contributed by atoms with Gasteiger partial charge in [0.2, 0.25) is 11.8 Å². The number of carbonyl (C=O) groups is 3. The number of carboxylic acid groups (broad SMARTS) is 1. The number of benzene rings is 1. The number of likely N-dealkylation sites (N-methyl/N-ethyl adjacent to an activating group) is 1. The van der Waals surface area contributed by atoms with Gasteiger partial charge in [-0.05, 0) is 30.7 Å². The molecule has 1 atom stereocenters. The summed E-state index contributed by atoms with van der Waals surface area (Å²) in [6.07, 6.45) is 1.60. The normalized spacial score (nSPS) is 16.2. The van der Waals surface area contributed by atoms with E-state index >= 15 is 0 Å². The molecule has 1 fully saturated rings. The van der Waals surface area contributed by atoms with Gasteiger partial charge in [-0.2, -0.15) is 0 Å². The monoisotopic (exact) mass is 374 g/mol. The Morgan fingerprint density at radius 2 is 1.74 bits per heavy atom. The number of carbonyl (C=O) groups excluding carboxylic acids is 2. The highest BCUT2D eigenvalue weighted by atomic mass is 16.4. The molecule has 1 heterocycles. The van der Waals surface area contributed by atoms with Crippen molar-refractivity contribution in [2.75, 3.05) is 26.7 Å². The largest absolute Gasteiger partial charge is 0.481 e. The molecule has 1 N–H and O–H groups in total. The predicted octanol–water partition coefficient (Wildman–Crippen LogP) is 2.28. The summed E-state index contributed by atoms with van der Waals surface area (Å²) in [5.74, 6) is -1.32. The van der Waals surface area contributed by atoms with Crippen LogP contribution in [0.3, 0.4) is 0 Å². The van der Waals surface area contributed by atoms with E-state index in [2.05, 4.69) is 0 Å². The van der Waals surface area contributed by atoms with Gasteiger partial charge in [0.15, 0.2) is 0 Å². The third-order valence-corrected chi connectivity index (χ3v) is 5.37. The van der Waals surface area contributed by atoms with Gasteiger partial charge in [-0.1, -0.05) is 44.2 Å². The fourth-order valence-electron chi connectivity index (χ4n) is 3.52. The minimum Gasteiger partial charge on any atom is -0.481 e. The molecule has 2 rings (SSSR count). The lowest BCUT2D eigenvalue weighted by Crippen LogP contribution is -2.47. The zero-order valence-electron chi connectivity index (χ0n) is 16.4. The number of rotatable bonds is 7. The molecule has 0 aromatic heterocycles. The summed E-state index contributed by atoms with van der Waals surface area (Å²) in [4.78, 5) is 39.7. The van der Waals surface area contributed by atoms with Crippen molar-refractivity contribution in [2.24, 2.45) is 17.8 Å². The molecule has 1 unspecified atom stereocenters. The molecule has 148 valence electrons. The van der Waals surface area contributed by atoms with Crippen LogP contribution in [0.2, 0.25) is 0 Å². The zero-order chi connectivity index (χ0) is 20.0. The van der Waals surface area contributed by atoms with E-state index in [0.29, 0.717) is 32.4 Å². The summed E-state index contributed by atoms with van der Waals surface area (Å²) in [7, 11) is 1.67. The molecule has 27 heavy (non-hydrogen) atoms. The minimum absolute atomic E-state index is 0.0253. The van der Waals surface area contributed by atoms with Gasteiger partial charge in [-0.25, -0.2) is 0 Å². The first-order valence-electron chi connectivity index (χ1n) is 9.59. The first-order valence-corrected chi connectivity index (χ1v) is 9.59. The van der Waals surface area contributed by atoms with Gasteiger partial charge >= 0.3 is 5.97 Å². The van der Waals surface area contributed by atoms with Gasteiger partial charge in [0.25, 0.3) is 0 Å². The summed E-state index contributed by atoms with van der Waals surface area (Å²) < 4.78 is 0. The van der Waals surface area contributed by atoms with E-state index in [1.165, 1.54) is 4.90 Å². The number of aliphatic carboxylic acids is 1. The lowest BCUT2D eigenvalue weighted by molar-refractivity contribution is -0.147. The van der Waals surface area contributed by atoms with Crippen LogP contribution in [0.25, 0.3) is 0 Å². The highest BCUT2D eigenvalue weighted by molar-refractivity contribution is 5.86. The Labute approximate surface area is 161 Å². The fraction of sp³-hybridized carbons (Fsp3) is 0.571. The molecule has 0 bridgehead atoms. The van der Waals surface area contributed by atoms with E-state index in [0.717, 1.165) is 5.56 Å². The van der Waals surface area contributed by atoms with Crippen molar-refractivity contribution < 1.29 is 19.5 Å². The van der Waals surface area contributed by atoms with Crippen LogP contribution in [0.4, 0.5) is 0 Å². The molecule has 6 heteroatoms. The maximum absolute atomic E-state index is 12.9. The Hall–Kier alpha value is -2.37. The van der Waals surface area contributed by atoms with Crippen molar-refractivity contribution in [2.45, 2.75) is 33.1 Å². The maximum atomic E-state index is 12.9. The van der Waals surface area contributed by atoms with Crippen molar-refractivity contribution in [3.8, 4) is 0 Å². The van der Waals surface area contributed by atoms with Gasteiger partial charge in [-0.15, -0.1) is 0 Å². The average Bonchev–Trinajstić information content (AvgIpc) is 2.66. The van der Waals surface area contributed by atoms with Crippen molar-refractivity contribution in [1.82, 2.24) is 9.80 Å². The van der Waals surface area contributed by atoms with Crippen molar-refractivity contribution in [3.63, 3.8) is 0 Å². The minimum atomic E-state index is -0.796. The third kappa shape index (κ3) is 5.81. The van der Waals surface area contributed by atoms with Crippen LogP contribution in [-0.4, -0.2) is 59.4 Å². The summed E-state index contributed by atoms with van der Waals surface area (Å²) in [5, 5.41) is 9.06. The van der Waals surface area contributed by atoms with Crippen LogP contribution < -0.4 is 0 Å².